The van der Waals surface area contributed by atoms with Crippen LogP contribution < -0.4 is 10.1 Å². The summed E-state index contributed by atoms with van der Waals surface area (Å²) < 4.78 is 56.8. The number of hydrogen-bond donors (Lipinski definition) is 1. The number of halogens is 4. The standard InChI is InChI=1S/C14H12F4N2O/c1-8-5-10(3-4-11(8)15)21-13-7-9(14(16,17)18)6-12(19-2)20-13/h3-7H,1-2H3,(H,19,20). The van der Waals surface area contributed by atoms with Gasteiger partial charge >= 0.3 is 6.18 Å². The summed E-state index contributed by atoms with van der Waals surface area (Å²) in [6.07, 6.45) is -4.51. The van der Waals surface area contributed by atoms with E-state index >= 15 is 0 Å². The van der Waals surface area contributed by atoms with Crippen molar-refractivity contribution in [1.29, 1.82) is 0 Å². The minimum absolute atomic E-state index is 0.0265. The maximum absolute atomic E-state index is 13.1. The zero-order chi connectivity index (χ0) is 15.6. The molecule has 7 heteroatoms. The topological polar surface area (TPSA) is 34.1 Å². The van der Waals surface area contributed by atoms with Crippen molar-refractivity contribution in [2.45, 2.75) is 13.1 Å². The van der Waals surface area contributed by atoms with Crippen LogP contribution in [0, 0.1) is 12.7 Å². The number of alkyl halides is 3. The number of benzene rings is 1. The van der Waals surface area contributed by atoms with Crippen LogP contribution in [0.5, 0.6) is 11.6 Å². The summed E-state index contributed by atoms with van der Waals surface area (Å²) in [7, 11) is 1.45. The zero-order valence-electron chi connectivity index (χ0n) is 11.3. The predicted octanol–water partition coefficient (Wildman–Crippen LogP) is 4.38. The average Bonchev–Trinajstić information content (AvgIpc) is 2.41. The molecule has 2 aromatic rings. The highest BCUT2D eigenvalue weighted by molar-refractivity contribution is 5.43. The molecular weight excluding hydrogens is 288 g/mol. The Kier molecular flexibility index (Phi) is 4.02. The van der Waals surface area contributed by atoms with Crippen LogP contribution in [0.3, 0.4) is 0 Å². The summed E-state index contributed by atoms with van der Waals surface area (Å²) >= 11 is 0. The van der Waals surface area contributed by atoms with Crippen molar-refractivity contribution in [1.82, 2.24) is 4.98 Å². The van der Waals surface area contributed by atoms with E-state index in [1.165, 1.54) is 32.2 Å². The molecule has 21 heavy (non-hydrogen) atoms. The lowest BCUT2D eigenvalue weighted by atomic mass is 10.2. The molecule has 1 aromatic carbocycles. The highest BCUT2D eigenvalue weighted by atomic mass is 19.4. The van der Waals surface area contributed by atoms with Gasteiger partial charge in [0.15, 0.2) is 0 Å². The first-order valence-electron chi connectivity index (χ1n) is 6.00. The number of nitrogens with one attached hydrogen (secondary N) is 1. The highest BCUT2D eigenvalue weighted by Crippen LogP contribution is 2.33. The molecule has 0 unspecified atom stereocenters. The fraction of sp³-hybridized carbons (Fsp3) is 0.214. The minimum atomic E-state index is -4.51. The largest absolute Gasteiger partial charge is 0.439 e. The van der Waals surface area contributed by atoms with E-state index in [0.29, 0.717) is 5.56 Å². The lowest BCUT2D eigenvalue weighted by Gasteiger charge is -2.12. The normalized spacial score (nSPS) is 11.3. The molecular formula is C14H12F4N2O. The van der Waals surface area contributed by atoms with Crippen molar-refractivity contribution in [2.75, 3.05) is 12.4 Å². The van der Waals surface area contributed by atoms with Gasteiger partial charge in [-0.05, 0) is 36.8 Å². The van der Waals surface area contributed by atoms with Crippen molar-refractivity contribution in [3.63, 3.8) is 0 Å². The number of nitrogens with zero attached hydrogens (tertiary/aromatic N) is 1. The molecule has 0 saturated heterocycles. The second-order valence-corrected chi connectivity index (χ2v) is 4.34. The molecule has 0 atom stereocenters. The van der Waals surface area contributed by atoms with Crippen molar-refractivity contribution in [2.24, 2.45) is 0 Å². The maximum Gasteiger partial charge on any atom is 0.416 e. The van der Waals surface area contributed by atoms with Gasteiger partial charge in [-0.1, -0.05) is 0 Å². The third kappa shape index (κ3) is 3.62. The van der Waals surface area contributed by atoms with Crippen LogP contribution >= 0.6 is 0 Å². The molecule has 1 N–H and O–H groups in total. The first-order valence-corrected chi connectivity index (χ1v) is 6.00. The molecule has 2 rings (SSSR count). The molecule has 0 amide bonds. The zero-order valence-corrected chi connectivity index (χ0v) is 11.3. The van der Waals surface area contributed by atoms with Crippen LogP contribution in [0.1, 0.15) is 11.1 Å². The van der Waals surface area contributed by atoms with E-state index in [1.54, 1.807) is 0 Å². The lowest BCUT2D eigenvalue weighted by molar-refractivity contribution is -0.137. The number of ether oxygens (including phenoxy) is 1. The van der Waals surface area contributed by atoms with Gasteiger partial charge in [0.2, 0.25) is 5.88 Å². The molecule has 0 radical (unpaired) electrons. The van der Waals surface area contributed by atoms with Gasteiger partial charge in [0.25, 0.3) is 0 Å². The first-order chi connectivity index (χ1) is 9.79. The lowest BCUT2D eigenvalue weighted by Crippen LogP contribution is -2.07. The molecule has 0 aliphatic carbocycles. The number of aromatic nitrogens is 1. The van der Waals surface area contributed by atoms with Crippen LogP contribution in [0.2, 0.25) is 0 Å². The molecule has 3 nitrogen and oxygen atoms in total. The van der Waals surface area contributed by atoms with Gasteiger partial charge in [-0.15, -0.1) is 0 Å². The molecule has 1 heterocycles. The molecule has 0 fully saturated rings. The Morgan fingerprint density at radius 3 is 2.43 bits per heavy atom. The quantitative estimate of drug-likeness (QED) is 0.854. The van der Waals surface area contributed by atoms with Crippen molar-refractivity contribution in [3.8, 4) is 11.6 Å². The van der Waals surface area contributed by atoms with Crippen LogP contribution in [0.4, 0.5) is 23.4 Å². The molecule has 1 aromatic heterocycles. The van der Waals surface area contributed by atoms with E-state index in [9.17, 15) is 17.6 Å². The number of anilines is 1. The fourth-order valence-electron chi connectivity index (χ4n) is 1.65. The van der Waals surface area contributed by atoms with Crippen molar-refractivity contribution >= 4 is 5.82 Å². The summed E-state index contributed by atoms with van der Waals surface area (Å²) in [6.45, 7) is 1.53. The SMILES string of the molecule is CNc1cc(C(F)(F)F)cc(Oc2ccc(F)c(C)c2)n1. The monoisotopic (exact) mass is 300 g/mol. The van der Waals surface area contributed by atoms with Gasteiger partial charge in [-0.3, -0.25) is 0 Å². The van der Waals surface area contributed by atoms with Crippen molar-refractivity contribution < 1.29 is 22.3 Å². The molecule has 0 bridgehead atoms. The summed E-state index contributed by atoms with van der Waals surface area (Å²) in [4.78, 5) is 3.89. The van der Waals surface area contributed by atoms with Gasteiger partial charge in [0.1, 0.15) is 17.4 Å². The summed E-state index contributed by atoms with van der Waals surface area (Å²) in [5, 5.41) is 2.54. The summed E-state index contributed by atoms with van der Waals surface area (Å²) in [6, 6.07) is 5.55. The third-order valence-corrected chi connectivity index (χ3v) is 2.74. The van der Waals surface area contributed by atoms with Crippen LogP contribution in [-0.2, 0) is 6.18 Å². The Balaban J connectivity index is 2.36. The van der Waals surface area contributed by atoms with Crippen LogP contribution in [-0.4, -0.2) is 12.0 Å². The highest BCUT2D eigenvalue weighted by Gasteiger charge is 2.32. The fourth-order valence-corrected chi connectivity index (χ4v) is 1.65. The van der Waals surface area contributed by atoms with E-state index in [2.05, 4.69) is 10.3 Å². The smallest absolute Gasteiger partial charge is 0.416 e. The maximum atomic E-state index is 13.1. The van der Waals surface area contributed by atoms with Crippen LogP contribution in [0.25, 0.3) is 0 Å². The van der Waals surface area contributed by atoms with E-state index < -0.39 is 17.6 Å². The Hall–Kier alpha value is -2.31. The van der Waals surface area contributed by atoms with Gasteiger partial charge in [0, 0.05) is 13.1 Å². The predicted molar refractivity (Wildman–Crippen MR) is 70.0 cm³/mol. The van der Waals surface area contributed by atoms with Gasteiger partial charge in [0.05, 0.1) is 5.56 Å². The number of hydrogen-bond acceptors (Lipinski definition) is 3. The van der Waals surface area contributed by atoms with E-state index in [4.69, 9.17) is 4.74 Å². The Morgan fingerprint density at radius 2 is 1.86 bits per heavy atom. The summed E-state index contributed by atoms with van der Waals surface area (Å²) in [5.74, 6) is -0.406. The van der Waals surface area contributed by atoms with E-state index in [-0.39, 0.29) is 17.4 Å². The molecule has 0 saturated carbocycles. The second-order valence-electron chi connectivity index (χ2n) is 4.34. The summed E-state index contributed by atoms with van der Waals surface area (Å²) in [5.41, 5.74) is -0.552. The number of aryl methyl sites for hydroxylation is 1. The average molecular weight is 300 g/mol. The molecule has 0 aliphatic rings. The van der Waals surface area contributed by atoms with Gasteiger partial charge in [-0.2, -0.15) is 18.2 Å². The van der Waals surface area contributed by atoms with Crippen molar-refractivity contribution in [3.05, 3.63) is 47.3 Å². The third-order valence-electron chi connectivity index (χ3n) is 2.74. The van der Waals surface area contributed by atoms with Crippen LogP contribution in [0.15, 0.2) is 30.3 Å². The Labute approximate surface area is 118 Å². The molecule has 0 aliphatic heterocycles. The van der Waals surface area contributed by atoms with E-state index in [1.807, 2.05) is 0 Å². The minimum Gasteiger partial charge on any atom is -0.439 e. The number of pyridine rings is 1. The molecule has 0 spiro atoms. The first kappa shape index (κ1) is 15.1. The van der Waals surface area contributed by atoms with Gasteiger partial charge < -0.3 is 10.1 Å². The van der Waals surface area contributed by atoms with Gasteiger partial charge in [-0.25, -0.2) is 4.39 Å². The number of rotatable bonds is 3. The second kappa shape index (κ2) is 5.59. The van der Waals surface area contributed by atoms with E-state index in [0.717, 1.165) is 12.1 Å². The molecule has 112 valence electrons. The Morgan fingerprint density at radius 1 is 1.14 bits per heavy atom. The Bertz CT molecular complexity index is 656.